The van der Waals surface area contributed by atoms with Crippen LogP contribution in [0.3, 0.4) is 0 Å². The molecule has 1 rings (SSSR count). The Morgan fingerprint density at radius 1 is 1.57 bits per heavy atom. The smallest absolute Gasteiger partial charge is 0.136 e. The molecule has 1 aromatic heterocycles. The number of nitrogens with one attached hydrogen (secondary N) is 1. The van der Waals surface area contributed by atoms with E-state index >= 15 is 0 Å². The molecule has 1 aromatic rings. The Morgan fingerprint density at radius 3 is 2.64 bits per heavy atom. The van der Waals surface area contributed by atoms with Gasteiger partial charge in [0, 0.05) is 18.4 Å². The first-order valence-corrected chi connectivity index (χ1v) is 5.13. The van der Waals surface area contributed by atoms with Crippen LogP contribution in [0.4, 0.5) is 0 Å². The summed E-state index contributed by atoms with van der Waals surface area (Å²) >= 11 is 5.21. The molecule has 1 unspecified atom stereocenters. The maximum absolute atomic E-state index is 5.21. The summed E-state index contributed by atoms with van der Waals surface area (Å²) in [7, 11) is 1.66. The highest BCUT2D eigenvalue weighted by Crippen LogP contribution is 2.14. The van der Waals surface area contributed by atoms with E-state index in [0.29, 0.717) is 4.64 Å². The number of nitrogens with zero attached hydrogens (tertiary/aromatic N) is 1. The van der Waals surface area contributed by atoms with Gasteiger partial charge in [0.2, 0.25) is 0 Å². The van der Waals surface area contributed by atoms with E-state index in [1.165, 1.54) is 0 Å². The van der Waals surface area contributed by atoms with Gasteiger partial charge in [0.15, 0.2) is 0 Å². The quantitative estimate of drug-likeness (QED) is 0.783. The molecule has 78 valence electrons. The lowest BCUT2D eigenvalue weighted by Crippen LogP contribution is -2.06. The van der Waals surface area contributed by atoms with Gasteiger partial charge in [-0.3, -0.25) is 0 Å². The van der Waals surface area contributed by atoms with Crippen LogP contribution in [0, 0.1) is 11.6 Å². The van der Waals surface area contributed by atoms with Gasteiger partial charge in [-0.15, -0.1) is 0 Å². The van der Waals surface area contributed by atoms with Crippen LogP contribution in [0.5, 0.6) is 0 Å². The largest absolute Gasteiger partial charge is 0.374 e. The van der Waals surface area contributed by atoms with Crippen LogP contribution in [0.1, 0.15) is 37.0 Å². The minimum atomic E-state index is -0.0405. The minimum absolute atomic E-state index is 0.0405. The van der Waals surface area contributed by atoms with Gasteiger partial charge in [0.1, 0.15) is 16.6 Å². The number of ether oxygens (including phenoxy) is 1. The summed E-state index contributed by atoms with van der Waals surface area (Å²) in [5.41, 5.74) is 2.21. The molecule has 0 saturated carbocycles. The lowest BCUT2D eigenvalue weighted by molar-refractivity contribution is 0.111. The second-order valence-corrected chi connectivity index (χ2v) is 3.65. The van der Waals surface area contributed by atoms with E-state index in [0.717, 1.165) is 23.5 Å². The van der Waals surface area contributed by atoms with Gasteiger partial charge < -0.3 is 9.72 Å². The standard InChI is InChI=1S/C10H16N2OS/c1-5-8-6(2)11-9(7(3)13-4)12-10(8)14/h7H,5H2,1-4H3,(H,11,12,14). The SMILES string of the molecule is CCc1c(C)[nH]c(C(C)OC)nc1=S. The van der Waals surface area contributed by atoms with Crippen molar-refractivity contribution in [3.05, 3.63) is 21.7 Å². The molecule has 0 aromatic carbocycles. The number of H-pyrrole nitrogens is 1. The Bertz CT molecular complexity index is 373. The molecular formula is C10H16N2OS. The minimum Gasteiger partial charge on any atom is -0.374 e. The van der Waals surface area contributed by atoms with Crippen LogP contribution in [0.15, 0.2) is 0 Å². The van der Waals surface area contributed by atoms with Gasteiger partial charge in [-0.05, 0) is 20.3 Å². The average molecular weight is 212 g/mol. The van der Waals surface area contributed by atoms with Crippen molar-refractivity contribution < 1.29 is 4.74 Å². The number of aromatic amines is 1. The molecule has 1 atom stereocenters. The van der Waals surface area contributed by atoms with Crippen LogP contribution in [0.2, 0.25) is 0 Å². The fourth-order valence-electron chi connectivity index (χ4n) is 1.35. The number of aryl methyl sites for hydroxylation is 1. The van der Waals surface area contributed by atoms with Crippen LogP contribution >= 0.6 is 12.2 Å². The fourth-order valence-corrected chi connectivity index (χ4v) is 1.75. The first-order chi connectivity index (χ1) is 6.60. The molecular weight excluding hydrogens is 196 g/mol. The van der Waals surface area contributed by atoms with Crippen molar-refractivity contribution in [2.45, 2.75) is 33.3 Å². The van der Waals surface area contributed by atoms with E-state index in [9.17, 15) is 0 Å². The third-order valence-electron chi connectivity index (χ3n) is 2.34. The van der Waals surface area contributed by atoms with E-state index in [1.807, 2.05) is 13.8 Å². The number of rotatable bonds is 3. The summed E-state index contributed by atoms with van der Waals surface area (Å²) < 4.78 is 5.86. The molecule has 0 radical (unpaired) electrons. The van der Waals surface area contributed by atoms with Gasteiger partial charge >= 0.3 is 0 Å². The molecule has 0 aliphatic carbocycles. The van der Waals surface area contributed by atoms with Crippen molar-refractivity contribution in [3.63, 3.8) is 0 Å². The molecule has 0 saturated heterocycles. The first kappa shape index (κ1) is 11.3. The van der Waals surface area contributed by atoms with Crippen LogP contribution in [0.25, 0.3) is 0 Å². The van der Waals surface area contributed by atoms with Gasteiger partial charge in [0.25, 0.3) is 0 Å². The molecule has 1 N–H and O–H groups in total. The first-order valence-electron chi connectivity index (χ1n) is 4.72. The highest BCUT2D eigenvalue weighted by atomic mass is 32.1. The second-order valence-electron chi connectivity index (χ2n) is 3.26. The van der Waals surface area contributed by atoms with E-state index in [-0.39, 0.29) is 6.10 Å². The summed E-state index contributed by atoms with van der Waals surface area (Å²) in [6, 6.07) is 0. The monoisotopic (exact) mass is 212 g/mol. The highest BCUT2D eigenvalue weighted by molar-refractivity contribution is 7.71. The van der Waals surface area contributed by atoms with Crippen molar-refractivity contribution >= 4 is 12.2 Å². The third-order valence-corrected chi connectivity index (χ3v) is 2.68. The van der Waals surface area contributed by atoms with E-state index in [2.05, 4.69) is 16.9 Å². The van der Waals surface area contributed by atoms with Crippen LogP contribution in [-0.4, -0.2) is 17.1 Å². The molecule has 0 amide bonds. The molecule has 0 aliphatic heterocycles. The highest BCUT2D eigenvalue weighted by Gasteiger charge is 2.09. The molecule has 4 heteroatoms. The lowest BCUT2D eigenvalue weighted by atomic mass is 10.2. The van der Waals surface area contributed by atoms with Crippen molar-refractivity contribution in [1.29, 1.82) is 0 Å². The van der Waals surface area contributed by atoms with E-state index < -0.39 is 0 Å². The van der Waals surface area contributed by atoms with E-state index in [4.69, 9.17) is 17.0 Å². The Hall–Kier alpha value is -0.740. The third kappa shape index (κ3) is 2.19. The predicted octanol–water partition coefficient (Wildman–Crippen LogP) is 2.72. The molecule has 14 heavy (non-hydrogen) atoms. The van der Waals surface area contributed by atoms with Crippen molar-refractivity contribution in [3.8, 4) is 0 Å². The number of methoxy groups -OCH3 is 1. The Labute approximate surface area is 89.5 Å². The molecule has 0 aliphatic rings. The average Bonchev–Trinajstić information content (AvgIpc) is 2.16. The Kier molecular flexibility index (Phi) is 3.77. The number of aromatic nitrogens is 2. The molecule has 1 heterocycles. The topological polar surface area (TPSA) is 37.9 Å². The van der Waals surface area contributed by atoms with Crippen molar-refractivity contribution in [2.75, 3.05) is 7.11 Å². The van der Waals surface area contributed by atoms with Gasteiger partial charge in [0.05, 0.1) is 0 Å². The zero-order chi connectivity index (χ0) is 10.7. The zero-order valence-corrected chi connectivity index (χ0v) is 9.86. The molecule has 0 spiro atoms. The van der Waals surface area contributed by atoms with Crippen LogP contribution < -0.4 is 0 Å². The zero-order valence-electron chi connectivity index (χ0n) is 9.05. The number of hydrogen-bond acceptors (Lipinski definition) is 3. The molecule has 0 fully saturated rings. The van der Waals surface area contributed by atoms with Crippen molar-refractivity contribution in [2.24, 2.45) is 0 Å². The van der Waals surface area contributed by atoms with E-state index in [1.54, 1.807) is 7.11 Å². The van der Waals surface area contributed by atoms with Crippen molar-refractivity contribution in [1.82, 2.24) is 9.97 Å². The summed E-state index contributed by atoms with van der Waals surface area (Å²) in [6.07, 6.45) is 0.872. The molecule has 3 nitrogen and oxygen atoms in total. The maximum atomic E-state index is 5.21. The Balaban J connectivity index is 3.21. The van der Waals surface area contributed by atoms with Crippen LogP contribution in [-0.2, 0) is 11.2 Å². The molecule has 0 bridgehead atoms. The van der Waals surface area contributed by atoms with Gasteiger partial charge in [-0.2, -0.15) is 0 Å². The summed E-state index contributed by atoms with van der Waals surface area (Å²) in [4.78, 5) is 7.53. The lowest BCUT2D eigenvalue weighted by Gasteiger charge is -2.11. The predicted molar refractivity (Wildman–Crippen MR) is 59.0 cm³/mol. The summed E-state index contributed by atoms with van der Waals surface area (Å²) in [5, 5.41) is 0. The second kappa shape index (κ2) is 4.66. The number of hydrogen-bond donors (Lipinski definition) is 1. The van der Waals surface area contributed by atoms with Gasteiger partial charge in [-0.25, -0.2) is 4.98 Å². The maximum Gasteiger partial charge on any atom is 0.136 e. The fraction of sp³-hybridized carbons (Fsp3) is 0.600. The Morgan fingerprint density at radius 2 is 2.21 bits per heavy atom. The van der Waals surface area contributed by atoms with Gasteiger partial charge in [-0.1, -0.05) is 19.1 Å². The normalized spacial score (nSPS) is 12.9. The summed E-state index contributed by atoms with van der Waals surface area (Å²) in [5.74, 6) is 0.798. The summed E-state index contributed by atoms with van der Waals surface area (Å²) in [6.45, 7) is 6.04.